The molecule has 0 amide bonds. The SMILES string of the molecule is CCC(NCCCC(C)C)c1ccccc1F. The van der Waals surface area contributed by atoms with Gasteiger partial charge in [-0.1, -0.05) is 39.0 Å². The second-order valence-corrected chi connectivity index (χ2v) is 4.97. The monoisotopic (exact) mass is 237 g/mol. The first-order valence-electron chi connectivity index (χ1n) is 6.63. The Kier molecular flexibility index (Phi) is 6.20. The first kappa shape index (κ1) is 14.2. The third-order valence-corrected chi connectivity index (χ3v) is 3.04. The van der Waals surface area contributed by atoms with Crippen LogP contribution in [0.25, 0.3) is 0 Å². The summed E-state index contributed by atoms with van der Waals surface area (Å²) in [6.45, 7) is 7.51. The highest BCUT2D eigenvalue weighted by atomic mass is 19.1. The number of benzene rings is 1. The molecule has 1 N–H and O–H groups in total. The number of nitrogens with one attached hydrogen (secondary N) is 1. The van der Waals surface area contributed by atoms with Gasteiger partial charge in [0.05, 0.1) is 0 Å². The highest BCUT2D eigenvalue weighted by molar-refractivity contribution is 5.20. The van der Waals surface area contributed by atoms with Crippen LogP contribution in [0.1, 0.15) is 51.6 Å². The second kappa shape index (κ2) is 7.44. The molecule has 0 saturated carbocycles. The zero-order chi connectivity index (χ0) is 12.7. The van der Waals surface area contributed by atoms with Gasteiger partial charge in [-0.15, -0.1) is 0 Å². The molecule has 1 unspecified atom stereocenters. The molecule has 0 heterocycles. The lowest BCUT2D eigenvalue weighted by molar-refractivity contribution is 0.459. The molecule has 2 heteroatoms. The van der Waals surface area contributed by atoms with Crippen LogP contribution in [0.4, 0.5) is 4.39 Å². The first-order chi connectivity index (χ1) is 8.15. The quantitative estimate of drug-likeness (QED) is 0.697. The van der Waals surface area contributed by atoms with Crippen LogP contribution < -0.4 is 5.32 Å². The van der Waals surface area contributed by atoms with E-state index < -0.39 is 0 Å². The van der Waals surface area contributed by atoms with Crippen LogP contribution >= 0.6 is 0 Å². The van der Waals surface area contributed by atoms with Gasteiger partial charge in [0.15, 0.2) is 0 Å². The van der Waals surface area contributed by atoms with Crippen molar-refractivity contribution >= 4 is 0 Å². The molecule has 1 atom stereocenters. The van der Waals surface area contributed by atoms with Crippen LogP contribution in [0, 0.1) is 11.7 Å². The van der Waals surface area contributed by atoms with Gasteiger partial charge < -0.3 is 5.32 Å². The number of hydrogen-bond acceptors (Lipinski definition) is 1. The van der Waals surface area contributed by atoms with Crippen molar-refractivity contribution in [1.82, 2.24) is 5.32 Å². The first-order valence-corrected chi connectivity index (χ1v) is 6.63. The highest BCUT2D eigenvalue weighted by Gasteiger charge is 2.12. The summed E-state index contributed by atoms with van der Waals surface area (Å²) < 4.78 is 13.6. The van der Waals surface area contributed by atoms with Gasteiger partial charge in [0.25, 0.3) is 0 Å². The van der Waals surface area contributed by atoms with Crippen molar-refractivity contribution in [1.29, 1.82) is 0 Å². The van der Waals surface area contributed by atoms with E-state index in [1.165, 1.54) is 12.5 Å². The molecular formula is C15H24FN. The molecule has 0 aliphatic rings. The summed E-state index contributed by atoms with van der Waals surface area (Å²) in [6.07, 6.45) is 3.30. The van der Waals surface area contributed by atoms with Gasteiger partial charge in [-0.3, -0.25) is 0 Å². The second-order valence-electron chi connectivity index (χ2n) is 4.97. The average Bonchev–Trinajstić information content (AvgIpc) is 2.30. The zero-order valence-corrected chi connectivity index (χ0v) is 11.2. The van der Waals surface area contributed by atoms with Crippen molar-refractivity contribution in [2.24, 2.45) is 5.92 Å². The summed E-state index contributed by atoms with van der Waals surface area (Å²) in [4.78, 5) is 0. The van der Waals surface area contributed by atoms with E-state index in [1.807, 2.05) is 12.1 Å². The van der Waals surface area contributed by atoms with Gasteiger partial charge >= 0.3 is 0 Å². The normalized spacial score (nSPS) is 13.0. The number of halogens is 1. The smallest absolute Gasteiger partial charge is 0.127 e. The Labute approximate surface area is 104 Å². The molecular weight excluding hydrogens is 213 g/mol. The lowest BCUT2D eigenvalue weighted by Gasteiger charge is -2.18. The van der Waals surface area contributed by atoms with Crippen LogP contribution in [0.5, 0.6) is 0 Å². The summed E-state index contributed by atoms with van der Waals surface area (Å²) in [6, 6.07) is 7.19. The molecule has 0 spiro atoms. The molecule has 0 aliphatic carbocycles. The summed E-state index contributed by atoms with van der Waals surface area (Å²) in [5, 5.41) is 3.44. The van der Waals surface area contributed by atoms with Gasteiger partial charge in [0.1, 0.15) is 5.82 Å². The molecule has 1 aromatic rings. The van der Waals surface area contributed by atoms with Crippen molar-refractivity contribution < 1.29 is 4.39 Å². The van der Waals surface area contributed by atoms with E-state index in [-0.39, 0.29) is 11.9 Å². The van der Waals surface area contributed by atoms with Crippen LogP contribution in [-0.4, -0.2) is 6.54 Å². The van der Waals surface area contributed by atoms with E-state index in [1.54, 1.807) is 6.07 Å². The molecule has 0 saturated heterocycles. The predicted molar refractivity (Wildman–Crippen MR) is 71.5 cm³/mol. The molecule has 1 aromatic carbocycles. The van der Waals surface area contributed by atoms with Gasteiger partial charge in [0, 0.05) is 11.6 Å². The summed E-state index contributed by atoms with van der Waals surface area (Å²) in [5.74, 6) is 0.640. The Hall–Kier alpha value is -0.890. The minimum Gasteiger partial charge on any atom is -0.310 e. The largest absolute Gasteiger partial charge is 0.310 e. The van der Waals surface area contributed by atoms with Gasteiger partial charge in [0.2, 0.25) is 0 Å². The molecule has 0 aliphatic heterocycles. The van der Waals surface area contributed by atoms with Crippen LogP contribution in [-0.2, 0) is 0 Å². The van der Waals surface area contributed by atoms with Crippen molar-refractivity contribution in [2.45, 2.75) is 46.1 Å². The zero-order valence-electron chi connectivity index (χ0n) is 11.2. The predicted octanol–water partition coefficient (Wildman–Crippen LogP) is 4.30. The Bertz CT molecular complexity index is 322. The standard InChI is InChI=1S/C15H24FN/c1-4-15(17-11-7-8-12(2)3)13-9-5-6-10-14(13)16/h5-6,9-10,12,15,17H,4,7-8,11H2,1-3H3. The fourth-order valence-corrected chi connectivity index (χ4v) is 2.02. The van der Waals surface area contributed by atoms with Crippen LogP contribution in [0.2, 0.25) is 0 Å². The van der Waals surface area contributed by atoms with Gasteiger partial charge in [-0.25, -0.2) is 4.39 Å². The Morgan fingerprint density at radius 2 is 1.94 bits per heavy atom. The number of hydrogen-bond donors (Lipinski definition) is 1. The maximum atomic E-state index is 13.6. The Morgan fingerprint density at radius 3 is 2.53 bits per heavy atom. The van der Waals surface area contributed by atoms with Crippen molar-refractivity contribution in [3.05, 3.63) is 35.6 Å². The summed E-state index contributed by atoms with van der Waals surface area (Å²) >= 11 is 0. The maximum Gasteiger partial charge on any atom is 0.127 e. The summed E-state index contributed by atoms with van der Waals surface area (Å²) in [7, 11) is 0. The van der Waals surface area contributed by atoms with Gasteiger partial charge in [-0.2, -0.15) is 0 Å². The fourth-order valence-electron chi connectivity index (χ4n) is 2.02. The molecule has 0 bridgehead atoms. The third-order valence-electron chi connectivity index (χ3n) is 3.04. The Balaban J connectivity index is 2.46. The topological polar surface area (TPSA) is 12.0 Å². The van der Waals surface area contributed by atoms with Crippen LogP contribution in [0.3, 0.4) is 0 Å². The van der Waals surface area contributed by atoms with E-state index in [0.29, 0.717) is 0 Å². The minimum atomic E-state index is -0.101. The minimum absolute atomic E-state index is 0.101. The van der Waals surface area contributed by atoms with E-state index in [2.05, 4.69) is 26.1 Å². The number of rotatable bonds is 7. The Morgan fingerprint density at radius 1 is 1.24 bits per heavy atom. The molecule has 0 fully saturated rings. The van der Waals surface area contributed by atoms with Gasteiger partial charge in [-0.05, 0) is 37.8 Å². The van der Waals surface area contributed by atoms with Crippen molar-refractivity contribution in [3.8, 4) is 0 Å². The molecule has 1 rings (SSSR count). The van der Waals surface area contributed by atoms with Crippen molar-refractivity contribution in [3.63, 3.8) is 0 Å². The molecule has 0 radical (unpaired) electrons. The van der Waals surface area contributed by atoms with E-state index in [9.17, 15) is 4.39 Å². The lowest BCUT2D eigenvalue weighted by atomic mass is 10.0. The molecule has 17 heavy (non-hydrogen) atoms. The molecule has 0 aromatic heterocycles. The van der Waals surface area contributed by atoms with E-state index in [4.69, 9.17) is 0 Å². The lowest BCUT2D eigenvalue weighted by Crippen LogP contribution is -2.23. The van der Waals surface area contributed by atoms with E-state index in [0.717, 1.165) is 30.9 Å². The average molecular weight is 237 g/mol. The van der Waals surface area contributed by atoms with E-state index >= 15 is 0 Å². The highest BCUT2D eigenvalue weighted by Crippen LogP contribution is 2.19. The third kappa shape index (κ3) is 4.86. The maximum absolute atomic E-state index is 13.6. The molecule has 1 nitrogen and oxygen atoms in total. The van der Waals surface area contributed by atoms with Crippen molar-refractivity contribution in [2.75, 3.05) is 6.54 Å². The van der Waals surface area contributed by atoms with Crippen LogP contribution in [0.15, 0.2) is 24.3 Å². The molecule has 96 valence electrons. The fraction of sp³-hybridized carbons (Fsp3) is 0.600. The summed E-state index contributed by atoms with van der Waals surface area (Å²) in [5.41, 5.74) is 0.791.